The molecule has 0 unspecified atom stereocenters. The van der Waals surface area contributed by atoms with Crippen LogP contribution in [0.2, 0.25) is 0 Å². The van der Waals surface area contributed by atoms with Gasteiger partial charge in [-0.05, 0) is 44.6 Å². The summed E-state index contributed by atoms with van der Waals surface area (Å²) in [6, 6.07) is 4.07. The third-order valence-corrected chi connectivity index (χ3v) is 2.74. The van der Waals surface area contributed by atoms with Crippen LogP contribution in [-0.4, -0.2) is 41.8 Å². The molecule has 0 spiro atoms. The van der Waals surface area contributed by atoms with Gasteiger partial charge in [-0.25, -0.2) is 4.52 Å². The molecule has 2 aromatic heterocycles. The first-order valence-corrected chi connectivity index (χ1v) is 5.89. The Morgan fingerprint density at radius 3 is 3.06 bits per heavy atom. The van der Waals surface area contributed by atoms with Gasteiger partial charge in [0, 0.05) is 19.8 Å². The van der Waals surface area contributed by atoms with E-state index in [9.17, 15) is 0 Å². The average Bonchev–Trinajstić information content (AvgIpc) is 2.72. The van der Waals surface area contributed by atoms with Crippen LogP contribution in [0, 0.1) is 6.92 Å². The number of fused-ring (bicyclic) bond motifs is 1. The minimum atomic E-state index is 0.784. The Kier molecular flexibility index (Phi) is 3.58. The molecule has 0 saturated carbocycles. The summed E-state index contributed by atoms with van der Waals surface area (Å²) in [4.78, 5) is 6.59. The van der Waals surface area contributed by atoms with Crippen LogP contribution in [0.15, 0.2) is 18.3 Å². The molecule has 2 heterocycles. The van der Waals surface area contributed by atoms with Crippen molar-refractivity contribution in [1.29, 1.82) is 0 Å². The van der Waals surface area contributed by atoms with Crippen molar-refractivity contribution in [3.63, 3.8) is 0 Å². The minimum absolute atomic E-state index is 0.784. The van der Waals surface area contributed by atoms with Gasteiger partial charge in [-0.15, -0.1) is 5.10 Å². The number of aromatic nitrogens is 3. The van der Waals surface area contributed by atoms with Gasteiger partial charge in [0.15, 0.2) is 5.65 Å². The molecular weight excluding hydrogens is 214 g/mol. The number of nitrogens with zero attached hydrogens (tertiary/aromatic N) is 4. The Bertz CT molecular complexity index is 491. The number of aryl methyl sites for hydroxylation is 1. The van der Waals surface area contributed by atoms with E-state index in [-0.39, 0.29) is 0 Å². The van der Waals surface area contributed by atoms with Crippen LogP contribution in [0.1, 0.15) is 12.0 Å². The smallest absolute Gasteiger partial charge is 0.245 e. The van der Waals surface area contributed by atoms with Gasteiger partial charge in [0.25, 0.3) is 0 Å². The van der Waals surface area contributed by atoms with Gasteiger partial charge in [-0.2, -0.15) is 4.98 Å². The molecule has 0 atom stereocenters. The van der Waals surface area contributed by atoms with Gasteiger partial charge < -0.3 is 10.2 Å². The first-order chi connectivity index (χ1) is 8.20. The molecule has 0 fully saturated rings. The van der Waals surface area contributed by atoms with Crippen molar-refractivity contribution in [3.8, 4) is 0 Å². The van der Waals surface area contributed by atoms with Crippen molar-refractivity contribution in [2.45, 2.75) is 13.3 Å². The lowest BCUT2D eigenvalue weighted by molar-refractivity contribution is 0.703. The van der Waals surface area contributed by atoms with Crippen molar-refractivity contribution >= 4 is 11.6 Å². The highest BCUT2D eigenvalue weighted by molar-refractivity contribution is 5.45. The largest absolute Gasteiger partial charge is 0.343 e. The number of rotatable bonds is 5. The van der Waals surface area contributed by atoms with Gasteiger partial charge >= 0.3 is 0 Å². The lowest BCUT2D eigenvalue weighted by atomic mass is 10.3. The molecule has 0 radical (unpaired) electrons. The van der Waals surface area contributed by atoms with E-state index in [4.69, 9.17) is 0 Å². The van der Waals surface area contributed by atoms with Crippen LogP contribution in [0.25, 0.3) is 5.65 Å². The summed E-state index contributed by atoms with van der Waals surface area (Å²) >= 11 is 0. The second kappa shape index (κ2) is 5.14. The van der Waals surface area contributed by atoms with Gasteiger partial charge in [0.1, 0.15) is 0 Å². The number of pyridine rings is 1. The van der Waals surface area contributed by atoms with Crippen LogP contribution in [0.4, 0.5) is 5.95 Å². The van der Waals surface area contributed by atoms with Crippen molar-refractivity contribution in [1.82, 2.24) is 19.9 Å². The molecule has 0 amide bonds. The first-order valence-electron chi connectivity index (χ1n) is 5.89. The summed E-state index contributed by atoms with van der Waals surface area (Å²) in [7, 11) is 3.99. The molecule has 17 heavy (non-hydrogen) atoms. The zero-order valence-corrected chi connectivity index (χ0v) is 10.6. The van der Waals surface area contributed by atoms with Crippen LogP contribution < -0.4 is 10.2 Å². The van der Waals surface area contributed by atoms with Crippen molar-refractivity contribution in [2.24, 2.45) is 0 Å². The third kappa shape index (κ3) is 2.74. The Hall–Kier alpha value is -1.62. The highest BCUT2D eigenvalue weighted by atomic mass is 15.4. The molecule has 5 nitrogen and oxygen atoms in total. The Labute approximate surface area is 101 Å². The minimum Gasteiger partial charge on any atom is -0.343 e. The Morgan fingerprint density at radius 1 is 1.47 bits per heavy atom. The molecule has 0 aliphatic carbocycles. The summed E-state index contributed by atoms with van der Waals surface area (Å²) in [5, 5.41) is 7.58. The molecule has 2 rings (SSSR count). The van der Waals surface area contributed by atoms with E-state index in [1.165, 1.54) is 5.56 Å². The van der Waals surface area contributed by atoms with E-state index in [0.717, 1.165) is 31.1 Å². The van der Waals surface area contributed by atoms with E-state index in [2.05, 4.69) is 27.2 Å². The monoisotopic (exact) mass is 233 g/mol. The molecule has 0 bridgehead atoms. The van der Waals surface area contributed by atoms with Crippen molar-refractivity contribution in [2.75, 3.05) is 32.1 Å². The molecule has 0 aliphatic rings. The van der Waals surface area contributed by atoms with Crippen LogP contribution in [-0.2, 0) is 0 Å². The van der Waals surface area contributed by atoms with E-state index in [1.807, 2.05) is 36.9 Å². The van der Waals surface area contributed by atoms with Crippen molar-refractivity contribution < 1.29 is 0 Å². The van der Waals surface area contributed by atoms with Crippen molar-refractivity contribution in [3.05, 3.63) is 23.9 Å². The fraction of sp³-hybridized carbons (Fsp3) is 0.500. The predicted molar refractivity (Wildman–Crippen MR) is 69.5 cm³/mol. The molecule has 0 saturated heterocycles. The Balaban J connectivity index is 2.12. The van der Waals surface area contributed by atoms with E-state index < -0.39 is 0 Å². The molecule has 0 aliphatic heterocycles. The maximum absolute atomic E-state index is 4.51. The highest BCUT2D eigenvalue weighted by Gasteiger charge is 2.07. The van der Waals surface area contributed by atoms with E-state index in [1.54, 1.807) is 0 Å². The summed E-state index contributed by atoms with van der Waals surface area (Å²) in [6.45, 7) is 4.03. The topological polar surface area (TPSA) is 45.5 Å². The SMILES string of the molecule is CNCCCN(C)c1nc2cc(C)ccn2n1. The average molecular weight is 233 g/mol. The maximum Gasteiger partial charge on any atom is 0.245 e. The summed E-state index contributed by atoms with van der Waals surface area (Å²) < 4.78 is 1.82. The number of anilines is 1. The highest BCUT2D eigenvalue weighted by Crippen LogP contribution is 2.10. The predicted octanol–water partition coefficient (Wildman–Crippen LogP) is 1.08. The molecule has 5 heteroatoms. The van der Waals surface area contributed by atoms with E-state index >= 15 is 0 Å². The fourth-order valence-corrected chi connectivity index (χ4v) is 1.73. The zero-order chi connectivity index (χ0) is 12.3. The molecule has 92 valence electrons. The summed E-state index contributed by atoms with van der Waals surface area (Å²) in [5.74, 6) is 0.784. The van der Waals surface area contributed by atoms with E-state index in [0.29, 0.717) is 0 Å². The molecule has 1 N–H and O–H groups in total. The number of hydrogen-bond donors (Lipinski definition) is 1. The normalized spacial score (nSPS) is 11.0. The molecule has 2 aromatic rings. The molecular formula is C12H19N5. The number of hydrogen-bond acceptors (Lipinski definition) is 4. The second-order valence-electron chi connectivity index (χ2n) is 4.30. The van der Waals surface area contributed by atoms with Gasteiger partial charge in [0.05, 0.1) is 0 Å². The zero-order valence-electron chi connectivity index (χ0n) is 10.6. The summed E-state index contributed by atoms with van der Waals surface area (Å²) in [5.41, 5.74) is 2.11. The fourth-order valence-electron chi connectivity index (χ4n) is 1.73. The quantitative estimate of drug-likeness (QED) is 0.785. The maximum atomic E-state index is 4.51. The lowest BCUT2D eigenvalue weighted by Gasteiger charge is -2.13. The Morgan fingerprint density at radius 2 is 2.29 bits per heavy atom. The van der Waals surface area contributed by atoms with Crippen LogP contribution in [0.3, 0.4) is 0 Å². The lowest BCUT2D eigenvalue weighted by Crippen LogP contribution is -2.23. The van der Waals surface area contributed by atoms with Crippen LogP contribution >= 0.6 is 0 Å². The van der Waals surface area contributed by atoms with Gasteiger partial charge in [0.2, 0.25) is 5.95 Å². The standard InChI is InChI=1S/C12H19N5/c1-10-5-8-17-11(9-10)14-12(15-17)16(3)7-4-6-13-2/h5,8-9,13H,4,6-7H2,1-3H3. The van der Waals surface area contributed by atoms with Crippen LogP contribution in [0.5, 0.6) is 0 Å². The second-order valence-corrected chi connectivity index (χ2v) is 4.30. The summed E-state index contributed by atoms with van der Waals surface area (Å²) in [6.07, 6.45) is 3.03. The molecule has 0 aromatic carbocycles. The van der Waals surface area contributed by atoms with Gasteiger partial charge in [-0.1, -0.05) is 0 Å². The number of nitrogens with one attached hydrogen (secondary N) is 1. The van der Waals surface area contributed by atoms with Gasteiger partial charge in [-0.3, -0.25) is 0 Å². The first kappa shape index (κ1) is 11.9. The third-order valence-electron chi connectivity index (χ3n) is 2.74.